The van der Waals surface area contributed by atoms with Gasteiger partial charge in [0.2, 0.25) is 0 Å². The molecule has 3 N–H and O–H groups in total. The highest BCUT2D eigenvalue weighted by atomic mass is 16.3. The van der Waals surface area contributed by atoms with Crippen LogP contribution in [0.5, 0.6) is 0 Å². The molecule has 148 valence electrons. The van der Waals surface area contributed by atoms with Crippen LogP contribution in [0.1, 0.15) is 72.1 Å². The molecule has 4 fully saturated rings. The molecule has 4 aliphatic rings. The molecule has 0 heterocycles. The van der Waals surface area contributed by atoms with E-state index in [0.29, 0.717) is 29.1 Å². The minimum Gasteiger partial charge on any atom is -0.393 e. The minimum atomic E-state index is -1.38. The average molecular weight is 365 g/mol. The number of Topliss-reactive ketones (excluding diaryl/α,β-unsaturated/α-hetero) is 1. The van der Waals surface area contributed by atoms with Gasteiger partial charge in [0.25, 0.3) is 0 Å². The maximum atomic E-state index is 12.6. The lowest BCUT2D eigenvalue weighted by atomic mass is 9.44. The van der Waals surface area contributed by atoms with Crippen LogP contribution >= 0.6 is 0 Å². The summed E-state index contributed by atoms with van der Waals surface area (Å²) in [5, 5.41) is 31.1. The maximum absolute atomic E-state index is 12.6. The van der Waals surface area contributed by atoms with Gasteiger partial charge in [0.05, 0.1) is 6.10 Å². The van der Waals surface area contributed by atoms with Crippen molar-refractivity contribution in [2.45, 2.75) is 83.8 Å². The predicted molar refractivity (Wildman–Crippen MR) is 99.3 cm³/mol. The summed E-state index contributed by atoms with van der Waals surface area (Å²) in [6.45, 7) is 6.00. The fourth-order valence-electron chi connectivity index (χ4n) is 8.29. The lowest BCUT2D eigenvalue weighted by Crippen LogP contribution is -2.60. The summed E-state index contributed by atoms with van der Waals surface area (Å²) in [7, 11) is 0. The lowest BCUT2D eigenvalue weighted by Gasteiger charge is -2.61. The molecule has 0 amide bonds. The molecule has 0 aromatic heterocycles. The zero-order valence-electron chi connectivity index (χ0n) is 16.6. The molecular formula is C22H36O4. The Balaban J connectivity index is 1.67. The van der Waals surface area contributed by atoms with Crippen molar-refractivity contribution in [2.24, 2.45) is 40.4 Å². The van der Waals surface area contributed by atoms with E-state index in [0.717, 1.165) is 44.9 Å². The van der Waals surface area contributed by atoms with Crippen molar-refractivity contribution in [1.82, 2.24) is 0 Å². The normalized spacial score (nSPS) is 56.4. The molecular weight excluding hydrogens is 328 g/mol. The number of ketones is 1. The maximum Gasteiger partial charge on any atom is 0.190 e. The van der Waals surface area contributed by atoms with Gasteiger partial charge in [0.1, 0.15) is 12.2 Å². The molecule has 0 spiro atoms. The Morgan fingerprint density at radius 2 is 1.77 bits per heavy atom. The second kappa shape index (κ2) is 6.02. The summed E-state index contributed by atoms with van der Waals surface area (Å²) < 4.78 is 0. The van der Waals surface area contributed by atoms with Gasteiger partial charge in [-0.25, -0.2) is 0 Å². The summed E-state index contributed by atoms with van der Waals surface area (Å²) >= 11 is 0. The van der Waals surface area contributed by atoms with Gasteiger partial charge in [-0.05, 0) is 86.4 Å². The van der Waals surface area contributed by atoms with Crippen molar-refractivity contribution in [3.8, 4) is 0 Å². The van der Waals surface area contributed by atoms with Crippen LogP contribution in [0.3, 0.4) is 0 Å². The quantitative estimate of drug-likeness (QED) is 0.704. The smallest absolute Gasteiger partial charge is 0.190 e. The summed E-state index contributed by atoms with van der Waals surface area (Å²) in [5.74, 6) is 1.72. The van der Waals surface area contributed by atoms with E-state index in [1.165, 1.54) is 6.42 Å². The highest BCUT2D eigenvalue weighted by molar-refractivity contribution is 5.89. The first kappa shape index (κ1) is 18.9. The van der Waals surface area contributed by atoms with E-state index in [-0.39, 0.29) is 17.8 Å². The summed E-state index contributed by atoms with van der Waals surface area (Å²) in [6.07, 6.45) is 8.01. The van der Waals surface area contributed by atoms with Crippen LogP contribution < -0.4 is 0 Å². The van der Waals surface area contributed by atoms with Crippen molar-refractivity contribution in [2.75, 3.05) is 6.61 Å². The van der Waals surface area contributed by atoms with Crippen LogP contribution in [0, 0.1) is 40.4 Å². The Bertz CT molecular complexity index is 591. The van der Waals surface area contributed by atoms with Crippen molar-refractivity contribution in [1.29, 1.82) is 0 Å². The molecule has 0 aromatic rings. The molecule has 9 atom stereocenters. The molecule has 0 radical (unpaired) electrons. The first-order valence-electron chi connectivity index (χ1n) is 10.7. The van der Waals surface area contributed by atoms with E-state index in [1.54, 1.807) is 0 Å². The van der Waals surface area contributed by atoms with Crippen molar-refractivity contribution in [3.05, 3.63) is 0 Å². The third kappa shape index (κ3) is 2.21. The fraction of sp³-hybridized carbons (Fsp3) is 0.955. The molecule has 4 heteroatoms. The third-order valence-corrected chi connectivity index (χ3v) is 9.79. The van der Waals surface area contributed by atoms with Crippen LogP contribution in [0.4, 0.5) is 0 Å². The molecule has 0 bridgehead atoms. The molecule has 4 aliphatic carbocycles. The van der Waals surface area contributed by atoms with Gasteiger partial charge in [-0.1, -0.05) is 20.8 Å². The largest absolute Gasteiger partial charge is 0.393 e. The highest BCUT2D eigenvalue weighted by Gasteiger charge is 2.68. The predicted octanol–water partition coefficient (Wildman–Crippen LogP) is 2.93. The van der Waals surface area contributed by atoms with Crippen molar-refractivity contribution < 1.29 is 20.1 Å². The second-order valence-corrected chi connectivity index (χ2v) is 10.5. The Hall–Kier alpha value is -0.450. The van der Waals surface area contributed by atoms with Gasteiger partial charge in [0.15, 0.2) is 5.78 Å². The Morgan fingerprint density at radius 1 is 1.04 bits per heavy atom. The van der Waals surface area contributed by atoms with Crippen LogP contribution in [-0.4, -0.2) is 39.4 Å². The van der Waals surface area contributed by atoms with Crippen LogP contribution in [0.15, 0.2) is 0 Å². The average Bonchev–Trinajstić information content (AvgIpc) is 2.83. The summed E-state index contributed by atoms with van der Waals surface area (Å²) in [5.41, 5.74) is -1.49. The summed E-state index contributed by atoms with van der Waals surface area (Å²) in [6, 6.07) is 0. The van der Waals surface area contributed by atoms with Gasteiger partial charge in [-0.2, -0.15) is 0 Å². The van der Waals surface area contributed by atoms with Crippen LogP contribution in [0.2, 0.25) is 0 Å². The number of carbonyl (C=O) groups excluding carboxylic acids is 1. The van der Waals surface area contributed by atoms with Gasteiger partial charge < -0.3 is 15.3 Å². The minimum absolute atomic E-state index is 0.0883. The fourth-order valence-corrected chi connectivity index (χ4v) is 8.29. The lowest BCUT2D eigenvalue weighted by molar-refractivity contribution is -0.178. The van der Waals surface area contributed by atoms with Gasteiger partial charge in [0, 0.05) is 5.41 Å². The molecule has 4 saturated carbocycles. The zero-order valence-corrected chi connectivity index (χ0v) is 16.6. The van der Waals surface area contributed by atoms with Crippen LogP contribution in [-0.2, 0) is 4.79 Å². The Labute approximate surface area is 157 Å². The SMILES string of the molecule is C[C@@H]1C[C@@H]2[C@@H]3CC[C@@H]4C[C@H](O)CC[C@]4(C)[C@H]3CC[C@]2(C)[C@@]1(O)C(=O)CO. The zero-order chi connectivity index (χ0) is 18.9. The van der Waals surface area contributed by atoms with E-state index in [9.17, 15) is 20.1 Å². The Morgan fingerprint density at radius 3 is 2.46 bits per heavy atom. The molecule has 26 heavy (non-hydrogen) atoms. The van der Waals surface area contributed by atoms with Gasteiger partial charge >= 0.3 is 0 Å². The van der Waals surface area contributed by atoms with E-state index >= 15 is 0 Å². The third-order valence-electron chi connectivity index (χ3n) is 9.79. The molecule has 0 unspecified atom stereocenters. The topological polar surface area (TPSA) is 77.8 Å². The van der Waals surface area contributed by atoms with Gasteiger partial charge in [-0.3, -0.25) is 4.79 Å². The number of hydrogen-bond donors (Lipinski definition) is 3. The molecule has 4 nitrogen and oxygen atoms in total. The molecule has 0 saturated heterocycles. The van der Waals surface area contributed by atoms with Crippen molar-refractivity contribution >= 4 is 5.78 Å². The van der Waals surface area contributed by atoms with Crippen LogP contribution in [0.25, 0.3) is 0 Å². The number of aliphatic hydroxyl groups is 3. The summed E-state index contributed by atoms with van der Waals surface area (Å²) in [4.78, 5) is 12.6. The first-order valence-corrected chi connectivity index (χ1v) is 10.7. The number of aliphatic hydroxyl groups excluding tert-OH is 2. The van der Waals surface area contributed by atoms with E-state index in [1.807, 2.05) is 6.92 Å². The first-order chi connectivity index (χ1) is 12.2. The Kier molecular flexibility index (Phi) is 4.38. The van der Waals surface area contributed by atoms with Crippen molar-refractivity contribution in [3.63, 3.8) is 0 Å². The van der Waals surface area contributed by atoms with E-state index in [2.05, 4.69) is 13.8 Å². The highest BCUT2D eigenvalue weighted by Crippen LogP contribution is 2.69. The number of rotatable bonds is 2. The molecule has 0 aromatic carbocycles. The second-order valence-electron chi connectivity index (χ2n) is 10.5. The van der Waals surface area contributed by atoms with Gasteiger partial charge in [-0.15, -0.1) is 0 Å². The molecule has 0 aliphatic heterocycles. The monoisotopic (exact) mass is 364 g/mol. The number of fused-ring (bicyclic) bond motifs is 5. The number of hydrogen-bond acceptors (Lipinski definition) is 4. The van der Waals surface area contributed by atoms with E-state index in [4.69, 9.17) is 0 Å². The van der Waals surface area contributed by atoms with E-state index < -0.39 is 17.6 Å². The number of carbonyl (C=O) groups is 1. The molecule has 4 rings (SSSR count). The standard InChI is InChI=1S/C22H36O4/c1-13-10-18-16-5-4-14-11-15(24)6-8-20(14,2)17(16)7-9-21(18,3)22(13,26)19(25)12-23/h13-18,23-24,26H,4-12H2,1-3H3/t13-,14-,15-,16-,17+,18-,20+,21+,22+/m1/s1.